The lowest BCUT2D eigenvalue weighted by atomic mass is 9.99. The quantitative estimate of drug-likeness (QED) is 0.0345. The summed E-state index contributed by atoms with van der Waals surface area (Å²) in [5, 5.41) is 8.82. The van der Waals surface area contributed by atoms with E-state index in [1.807, 2.05) is 41.5 Å². The average molecular weight is 752 g/mol. The molecule has 3 atom stereocenters. The maximum Gasteiger partial charge on any atom is 0.328 e. The highest BCUT2D eigenvalue weighted by molar-refractivity contribution is 5.93. The van der Waals surface area contributed by atoms with Gasteiger partial charge in [-0.05, 0) is 62.7 Å². The Labute approximate surface area is 327 Å². The van der Waals surface area contributed by atoms with E-state index >= 15 is 0 Å². The second-order valence-electron chi connectivity index (χ2n) is 18.1. The normalized spacial score (nSPS) is 13.6. The van der Waals surface area contributed by atoms with E-state index < -0.39 is 30.0 Å². The summed E-state index contributed by atoms with van der Waals surface area (Å²) in [5.41, 5.74) is 0. The molecule has 9 nitrogen and oxygen atoms in total. The second kappa shape index (κ2) is 31.1. The third-order valence-corrected chi connectivity index (χ3v) is 9.73. The SMILES string of the molecule is CCCCCCCCCCCCOC(=O)[C@H](CC(C)C)NC(=O)[C@H](CC(C)C)NC(=O)[C@H](CC(C)C)NC(=O)CCCCCCCCCC[N+](C)(C)C. The van der Waals surface area contributed by atoms with Crippen molar-refractivity contribution < 1.29 is 28.4 Å². The van der Waals surface area contributed by atoms with E-state index in [2.05, 4.69) is 44.0 Å². The van der Waals surface area contributed by atoms with Crippen LogP contribution < -0.4 is 16.0 Å². The summed E-state index contributed by atoms with van der Waals surface area (Å²) < 4.78 is 6.66. The second-order valence-corrected chi connectivity index (χ2v) is 18.1. The third-order valence-electron chi connectivity index (χ3n) is 9.73. The Morgan fingerprint density at radius 2 is 0.868 bits per heavy atom. The first-order chi connectivity index (χ1) is 25.0. The zero-order valence-corrected chi connectivity index (χ0v) is 36.4. The van der Waals surface area contributed by atoms with Crippen LogP contribution in [0, 0.1) is 17.8 Å². The highest BCUT2D eigenvalue weighted by atomic mass is 16.5. The average Bonchev–Trinajstić information content (AvgIpc) is 3.05. The lowest BCUT2D eigenvalue weighted by Crippen LogP contribution is -2.56. The lowest BCUT2D eigenvalue weighted by Gasteiger charge is -2.27. The number of carbonyl (C=O) groups is 4. The smallest absolute Gasteiger partial charge is 0.328 e. The molecule has 53 heavy (non-hydrogen) atoms. The fraction of sp³-hybridized carbons (Fsp3) is 0.909. The molecule has 3 amide bonds. The van der Waals surface area contributed by atoms with Crippen molar-refractivity contribution in [1.29, 1.82) is 0 Å². The summed E-state index contributed by atoms with van der Waals surface area (Å²) in [6.07, 6.45) is 22.9. The van der Waals surface area contributed by atoms with Crippen LogP contribution in [0.2, 0.25) is 0 Å². The molecular weight excluding hydrogens is 665 g/mol. The number of hydrogen-bond donors (Lipinski definition) is 3. The molecule has 0 fully saturated rings. The van der Waals surface area contributed by atoms with E-state index in [0.29, 0.717) is 32.3 Å². The first-order valence-electron chi connectivity index (χ1n) is 21.9. The van der Waals surface area contributed by atoms with Gasteiger partial charge in [0.2, 0.25) is 17.7 Å². The highest BCUT2D eigenvalue weighted by Gasteiger charge is 2.31. The molecule has 0 saturated carbocycles. The van der Waals surface area contributed by atoms with Gasteiger partial charge in [-0.3, -0.25) is 14.4 Å². The molecule has 3 N–H and O–H groups in total. The minimum atomic E-state index is -0.828. The Bertz CT molecular complexity index is 962. The van der Waals surface area contributed by atoms with Crippen LogP contribution in [0.5, 0.6) is 0 Å². The monoisotopic (exact) mass is 752 g/mol. The Morgan fingerprint density at radius 3 is 1.32 bits per heavy atom. The molecule has 0 aromatic carbocycles. The first-order valence-corrected chi connectivity index (χ1v) is 21.9. The topological polar surface area (TPSA) is 114 Å². The van der Waals surface area contributed by atoms with Crippen molar-refractivity contribution in [2.75, 3.05) is 34.3 Å². The van der Waals surface area contributed by atoms with Gasteiger partial charge in [0.15, 0.2) is 0 Å². The largest absolute Gasteiger partial charge is 0.464 e. The molecule has 0 aliphatic carbocycles. The summed E-state index contributed by atoms with van der Waals surface area (Å²) >= 11 is 0. The Morgan fingerprint density at radius 1 is 0.491 bits per heavy atom. The van der Waals surface area contributed by atoms with Gasteiger partial charge in [0.05, 0.1) is 34.3 Å². The van der Waals surface area contributed by atoms with Crippen molar-refractivity contribution in [1.82, 2.24) is 16.0 Å². The van der Waals surface area contributed by atoms with Crippen LogP contribution >= 0.6 is 0 Å². The number of hydrogen-bond acceptors (Lipinski definition) is 5. The third kappa shape index (κ3) is 30.8. The van der Waals surface area contributed by atoms with Crippen LogP contribution in [0.3, 0.4) is 0 Å². The molecule has 0 heterocycles. The summed E-state index contributed by atoms with van der Waals surface area (Å²) in [7, 11) is 6.71. The van der Waals surface area contributed by atoms with Gasteiger partial charge in [-0.25, -0.2) is 4.79 Å². The van der Waals surface area contributed by atoms with Crippen LogP contribution in [0.15, 0.2) is 0 Å². The number of esters is 1. The van der Waals surface area contributed by atoms with Crippen LogP contribution in [0.25, 0.3) is 0 Å². The van der Waals surface area contributed by atoms with Gasteiger partial charge < -0.3 is 25.2 Å². The van der Waals surface area contributed by atoms with E-state index in [0.717, 1.165) is 43.0 Å². The molecule has 0 saturated heterocycles. The van der Waals surface area contributed by atoms with Crippen molar-refractivity contribution in [2.45, 2.75) is 208 Å². The van der Waals surface area contributed by atoms with Gasteiger partial charge >= 0.3 is 5.97 Å². The minimum Gasteiger partial charge on any atom is -0.464 e. The van der Waals surface area contributed by atoms with Gasteiger partial charge in [0, 0.05) is 6.42 Å². The van der Waals surface area contributed by atoms with Crippen LogP contribution in [0.4, 0.5) is 0 Å². The number of nitrogens with zero attached hydrogens (tertiary/aromatic N) is 1. The molecule has 0 rings (SSSR count). The molecule has 0 bridgehead atoms. The summed E-state index contributed by atoms with van der Waals surface area (Å²) in [5.74, 6) is -0.836. The molecule has 0 radical (unpaired) electrons. The van der Waals surface area contributed by atoms with Crippen LogP contribution in [-0.2, 0) is 23.9 Å². The maximum atomic E-state index is 13.7. The fourth-order valence-corrected chi connectivity index (χ4v) is 6.70. The lowest BCUT2D eigenvalue weighted by molar-refractivity contribution is -0.870. The van der Waals surface area contributed by atoms with Gasteiger partial charge in [0.25, 0.3) is 0 Å². The minimum absolute atomic E-state index is 0.124. The van der Waals surface area contributed by atoms with E-state index in [9.17, 15) is 19.2 Å². The Balaban J connectivity index is 4.96. The van der Waals surface area contributed by atoms with Gasteiger partial charge in [-0.1, -0.05) is 138 Å². The highest BCUT2D eigenvalue weighted by Crippen LogP contribution is 2.15. The zero-order chi connectivity index (χ0) is 40.1. The zero-order valence-electron chi connectivity index (χ0n) is 36.4. The number of quaternary nitrogens is 1. The number of carbonyl (C=O) groups excluding carboxylic acids is 4. The van der Waals surface area contributed by atoms with E-state index in [4.69, 9.17) is 4.74 Å². The molecule has 0 aromatic heterocycles. The number of unbranched alkanes of at least 4 members (excludes halogenated alkanes) is 16. The number of amides is 3. The van der Waals surface area contributed by atoms with Gasteiger partial charge in [0.1, 0.15) is 18.1 Å². The number of ether oxygens (including phenoxy) is 1. The Hall–Kier alpha value is -2.16. The summed E-state index contributed by atoms with van der Waals surface area (Å²) in [4.78, 5) is 53.4. The molecule has 0 aliphatic rings. The van der Waals surface area contributed by atoms with Crippen molar-refractivity contribution in [3.8, 4) is 0 Å². The van der Waals surface area contributed by atoms with Crippen LogP contribution in [0.1, 0.15) is 190 Å². The van der Waals surface area contributed by atoms with Crippen molar-refractivity contribution in [3.63, 3.8) is 0 Å². The van der Waals surface area contributed by atoms with E-state index in [-0.39, 0.29) is 29.6 Å². The summed E-state index contributed by atoms with van der Waals surface area (Å²) in [6, 6.07) is -2.34. The molecule has 0 aromatic rings. The Kier molecular flexibility index (Phi) is 29.8. The van der Waals surface area contributed by atoms with Crippen molar-refractivity contribution in [2.24, 2.45) is 17.8 Å². The molecule has 0 unspecified atom stereocenters. The fourth-order valence-electron chi connectivity index (χ4n) is 6.70. The molecule has 0 aliphatic heterocycles. The van der Waals surface area contributed by atoms with E-state index in [1.165, 1.54) is 83.6 Å². The predicted octanol–water partition coefficient (Wildman–Crippen LogP) is 9.26. The number of rotatable bonds is 34. The van der Waals surface area contributed by atoms with Crippen molar-refractivity contribution >= 4 is 23.7 Å². The number of nitrogens with one attached hydrogen (secondary N) is 3. The molecule has 9 heteroatoms. The molecule has 0 spiro atoms. The van der Waals surface area contributed by atoms with Crippen molar-refractivity contribution in [3.05, 3.63) is 0 Å². The first kappa shape index (κ1) is 50.8. The summed E-state index contributed by atoms with van der Waals surface area (Å²) in [6.45, 7) is 15.9. The standard InChI is InChI=1S/C44H86N4O5/c1-11-12-13-14-15-16-19-22-25-28-31-53-44(52)40(34-37(6)7)47-43(51)39(33-36(4)5)46-42(50)38(32-35(2)3)45-41(49)29-26-23-20-17-18-21-24-27-30-48(8,9)10/h35-40H,11-34H2,1-10H3,(H2-,45,46,47,49,50,51)/p+1/t38-,39-,40-/m0/s1. The van der Waals surface area contributed by atoms with Gasteiger partial charge in [-0.2, -0.15) is 0 Å². The van der Waals surface area contributed by atoms with E-state index in [1.54, 1.807) is 0 Å². The van der Waals surface area contributed by atoms with Crippen LogP contribution in [-0.4, -0.2) is 80.6 Å². The maximum absolute atomic E-state index is 13.7. The molecule has 312 valence electrons. The molecular formula is C44H87N4O5+. The van der Waals surface area contributed by atoms with Gasteiger partial charge in [-0.15, -0.1) is 0 Å². The predicted molar refractivity (Wildman–Crippen MR) is 221 cm³/mol.